The van der Waals surface area contributed by atoms with Crippen LogP contribution in [0.5, 0.6) is 0 Å². The van der Waals surface area contributed by atoms with Gasteiger partial charge in [-0.05, 0) is 12.1 Å². The summed E-state index contributed by atoms with van der Waals surface area (Å²) in [7, 11) is 0. The first-order valence-corrected chi connectivity index (χ1v) is 6.32. The number of nitrogens with one attached hydrogen (secondary N) is 1. The molecule has 0 bridgehead atoms. The summed E-state index contributed by atoms with van der Waals surface area (Å²) in [6.45, 7) is -0.421. The standard InChI is InChI=1S/C13H10N8O2/c14-3-6-20(7-4-15)13-11(21(22)23)12(17-9-18-13)19-10-2-1-5-16-8-10/h1-2,5,8-9H,6-7H2,(H,17,18,19). The van der Waals surface area contributed by atoms with E-state index in [4.69, 9.17) is 10.5 Å². The first kappa shape index (κ1) is 15.6. The third-order valence-electron chi connectivity index (χ3n) is 2.73. The Morgan fingerprint density at radius 3 is 2.61 bits per heavy atom. The predicted octanol–water partition coefficient (Wildman–Crippen LogP) is 1.38. The van der Waals surface area contributed by atoms with Crippen molar-refractivity contribution in [1.29, 1.82) is 10.5 Å². The molecule has 0 aliphatic heterocycles. The summed E-state index contributed by atoms with van der Waals surface area (Å²) in [6.07, 6.45) is 4.17. The SMILES string of the molecule is N#CCN(CC#N)c1ncnc(Nc2cccnc2)c1[N+](=O)[O-]. The van der Waals surface area contributed by atoms with Gasteiger partial charge in [-0.3, -0.25) is 15.1 Å². The molecule has 0 saturated carbocycles. The summed E-state index contributed by atoms with van der Waals surface area (Å²) in [5.41, 5.74) is 0.0919. The van der Waals surface area contributed by atoms with Gasteiger partial charge < -0.3 is 10.2 Å². The molecule has 0 fully saturated rings. The Morgan fingerprint density at radius 1 is 1.30 bits per heavy atom. The van der Waals surface area contributed by atoms with Crippen LogP contribution in [0.25, 0.3) is 0 Å². The van der Waals surface area contributed by atoms with Crippen LogP contribution in [-0.2, 0) is 0 Å². The molecule has 2 aromatic heterocycles. The van der Waals surface area contributed by atoms with Gasteiger partial charge in [0.15, 0.2) is 0 Å². The van der Waals surface area contributed by atoms with Crippen molar-refractivity contribution >= 4 is 23.0 Å². The highest BCUT2D eigenvalue weighted by Crippen LogP contribution is 2.33. The molecule has 0 saturated heterocycles. The fraction of sp³-hybridized carbons (Fsp3) is 0.154. The van der Waals surface area contributed by atoms with E-state index < -0.39 is 10.6 Å². The number of aromatic nitrogens is 3. The lowest BCUT2D eigenvalue weighted by molar-refractivity contribution is -0.383. The molecule has 1 N–H and O–H groups in total. The molecule has 0 aromatic carbocycles. The molecule has 10 heteroatoms. The van der Waals surface area contributed by atoms with E-state index in [0.29, 0.717) is 5.69 Å². The summed E-state index contributed by atoms with van der Waals surface area (Å²) < 4.78 is 0. The summed E-state index contributed by atoms with van der Waals surface area (Å²) in [6, 6.07) is 7.02. The normalized spacial score (nSPS) is 9.48. The Kier molecular flexibility index (Phi) is 4.94. The van der Waals surface area contributed by atoms with E-state index in [1.165, 1.54) is 11.1 Å². The smallest absolute Gasteiger partial charge is 0.333 e. The summed E-state index contributed by atoms with van der Waals surface area (Å²) in [5, 5.41) is 31.8. The number of hydrogen-bond acceptors (Lipinski definition) is 9. The van der Waals surface area contributed by atoms with Crippen molar-refractivity contribution in [3.63, 3.8) is 0 Å². The summed E-state index contributed by atoms with van der Waals surface area (Å²) in [5.74, 6) is -0.145. The van der Waals surface area contributed by atoms with Crippen LogP contribution in [0.1, 0.15) is 0 Å². The van der Waals surface area contributed by atoms with Gasteiger partial charge in [-0.15, -0.1) is 0 Å². The first-order valence-electron chi connectivity index (χ1n) is 6.32. The predicted molar refractivity (Wildman–Crippen MR) is 79.6 cm³/mol. The van der Waals surface area contributed by atoms with Gasteiger partial charge in [0.1, 0.15) is 19.4 Å². The molecule has 23 heavy (non-hydrogen) atoms. The van der Waals surface area contributed by atoms with Gasteiger partial charge >= 0.3 is 5.69 Å². The van der Waals surface area contributed by atoms with Crippen LogP contribution in [0.4, 0.5) is 23.0 Å². The molecule has 0 amide bonds. The van der Waals surface area contributed by atoms with Crippen molar-refractivity contribution in [3.8, 4) is 12.1 Å². The van der Waals surface area contributed by atoms with Gasteiger partial charge in [-0.25, -0.2) is 9.97 Å². The van der Waals surface area contributed by atoms with E-state index in [1.807, 2.05) is 12.1 Å². The Morgan fingerprint density at radius 2 is 2.04 bits per heavy atom. The van der Waals surface area contributed by atoms with Crippen molar-refractivity contribution in [3.05, 3.63) is 41.0 Å². The Labute approximate surface area is 130 Å². The highest BCUT2D eigenvalue weighted by Gasteiger charge is 2.27. The lowest BCUT2D eigenvalue weighted by Gasteiger charge is -2.17. The molecule has 2 aromatic rings. The minimum Gasteiger partial charge on any atom is -0.333 e. The number of rotatable bonds is 6. The quantitative estimate of drug-likeness (QED) is 0.475. The van der Waals surface area contributed by atoms with Crippen molar-refractivity contribution in [2.24, 2.45) is 0 Å². The molecule has 0 unspecified atom stereocenters. The molecule has 0 aliphatic carbocycles. The number of nitriles is 2. The molecule has 2 heterocycles. The van der Waals surface area contributed by atoms with Crippen LogP contribution in [0.15, 0.2) is 30.9 Å². The van der Waals surface area contributed by atoms with Crippen LogP contribution < -0.4 is 10.2 Å². The molecule has 0 radical (unpaired) electrons. The van der Waals surface area contributed by atoms with Crippen molar-refractivity contribution in [1.82, 2.24) is 15.0 Å². The zero-order valence-corrected chi connectivity index (χ0v) is 11.7. The lowest BCUT2D eigenvalue weighted by Crippen LogP contribution is -2.26. The molecule has 2 rings (SSSR count). The highest BCUT2D eigenvalue weighted by atomic mass is 16.6. The van der Waals surface area contributed by atoms with Gasteiger partial charge in [0.2, 0.25) is 11.6 Å². The Hall–Kier alpha value is -3.79. The monoisotopic (exact) mass is 310 g/mol. The van der Waals surface area contributed by atoms with Crippen LogP contribution in [0, 0.1) is 32.8 Å². The average Bonchev–Trinajstić information content (AvgIpc) is 2.55. The molecule has 0 spiro atoms. The summed E-state index contributed by atoms with van der Waals surface area (Å²) >= 11 is 0. The van der Waals surface area contributed by atoms with E-state index in [0.717, 1.165) is 6.33 Å². The molecule has 10 nitrogen and oxygen atoms in total. The highest BCUT2D eigenvalue weighted by molar-refractivity contribution is 5.74. The minimum atomic E-state index is -0.657. The zero-order valence-electron chi connectivity index (χ0n) is 11.7. The van der Waals surface area contributed by atoms with Crippen molar-refractivity contribution in [2.45, 2.75) is 0 Å². The second kappa shape index (κ2) is 7.28. The summed E-state index contributed by atoms with van der Waals surface area (Å²) in [4.78, 5) is 23.6. The van der Waals surface area contributed by atoms with Crippen LogP contribution >= 0.6 is 0 Å². The van der Waals surface area contributed by atoms with Crippen molar-refractivity contribution in [2.75, 3.05) is 23.3 Å². The third kappa shape index (κ3) is 3.65. The van der Waals surface area contributed by atoms with E-state index in [1.54, 1.807) is 18.3 Å². The molecular weight excluding hydrogens is 300 g/mol. The van der Waals surface area contributed by atoms with Gasteiger partial charge in [0.25, 0.3) is 0 Å². The molecule has 114 valence electrons. The Bertz CT molecular complexity index is 765. The number of nitro groups is 1. The van der Waals surface area contributed by atoms with Gasteiger partial charge in [0.05, 0.1) is 28.9 Å². The van der Waals surface area contributed by atoms with Gasteiger partial charge in [-0.2, -0.15) is 10.5 Å². The number of hydrogen-bond donors (Lipinski definition) is 1. The maximum Gasteiger partial charge on any atom is 0.353 e. The molecular formula is C13H10N8O2. The van der Waals surface area contributed by atoms with Gasteiger partial charge in [-0.1, -0.05) is 0 Å². The van der Waals surface area contributed by atoms with Crippen molar-refractivity contribution < 1.29 is 4.92 Å². The number of anilines is 3. The van der Waals surface area contributed by atoms with Crippen LogP contribution in [0.2, 0.25) is 0 Å². The lowest BCUT2D eigenvalue weighted by atomic mass is 10.3. The molecule has 0 atom stereocenters. The second-order valence-electron chi connectivity index (χ2n) is 4.19. The van der Waals surface area contributed by atoms with Crippen LogP contribution in [0.3, 0.4) is 0 Å². The minimum absolute atomic E-state index is 0.0473. The maximum absolute atomic E-state index is 11.4. The van der Waals surface area contributed by atoms with Crippen LogP contribution in [-0.4, -0.2) is 33.0 Å². The molecule has 0 aliphatic rings. The first-order chi connectivity index (χ1) is 11.2. The van der Waals surface area contributed by atoms with E-state index in [2.05, 4.69) is 20.3 Å². The second-order valence-corrected chi connectivity index (χ2v) is 4.19. The largest absolute Gasteiger partial charge is 0.353 e. The van der Waals surface area contributed by atoms with E-state index >= 15 is 0 Å². The average molecular weight is 310 g/mol. The fourth-order valence-electron chi connectivity index (χ4n) is 1.81. The topological polar surface area (TPSA) is 145 Å². The van der Waals surface area contributed by atoms with Gasteiger partial charge in [0, 0.05) is 6.20 Å². The number of pyridine rings is 1. The van der Waals surface area contributed by atoms with E-state index in [9.17, 15) is 10.1 Å². The maximum atomic E-state index is 11.4. The van der Waals surface area contributed by atoms with E-state index in [-0.39, 0.29) is 24.7 Å². The third-order valence-corrected chi connectivity index (χ3v) is 2.73. The number of nitrogens with zero attached hydrogens (tertiary/aromatic N) is 7. The zero-order chi connectivity index (χ0) is 16.7. The Balaban J connectivity index is 2.48. The fourth-order valence-corrected chi connectivity index (χ4v) is 1.81.